The van der Waals surface area contributed by atoms with Crippen LogP contribution in [-0.4, -0.2) is 54.6 Å². The Hall–Kier alpha value is -2.12. The molecule has 2 fully saturated rings. The number of benzene rings is 1. The molecule has 2 atom stereocenters. The van der Waals surface area contributed by atoms with E-state index in [2.05, 4.69) is 10.2 Å². The number of methoxy groups -OCH3 is 1. The van der Waals surface area contributed by atoms with Crippen LogP contribution in [0.3, 0.4) is 0 Å². The summed E-state index contributed by atoms with van der Waals surface area (Å²) in [5, 5.41) is 4.68. The van der Waals surface area contributed by atoms with Gasteiger partial charge in [0.2, 0.25) is 0 Å². The van der Waals surface area contributed by atoms with Crippen LogP contribution in [0.15, 0.2) is 24.3 Å². The molecular weight excluding hydrogens is 360 g/mol. The number of aromatic nitrogens is 1. The number of ether oxygens (including phenoxy) is 1. The van der Waals surface area contributed by atoms with Crippen LogP contribution in [0, 0.1) is 0 Å². The smallest absolute Gasteiger partial charge is 0.257 e. The average Bonchev–Trinajstić information content (AvgIpc) is 3.23. The van der Waals surface area contributed by atoms with Gasteiger partial charge in [-0.25, -0.2) is 4.98 Å². The summed E-state index contributed by atoms with van der Waals surface area (Å²) in [6, 6.07) is 8.60. The van der Waals surface area contributed by atoms with Gasteiger partial charge in [0.15, 0.2) is 5.13 Å². The number of piperazine rings is 1. The van der Waals surface area contributed by atoms with Crippen molar-refractivity contribution in [2.45, 2.75) is 37.9 Å². The molecule has 0 spiro atoms. The lowest BCUT2D eigenvalue weighted by molar-refractivity contribution is 0.0733. The summed E-state index contributed by atoms with van der Waals surface area (Å²) < 4.78 is 5.37. The summed E-state index contributed by atoms with van der Waals surface area (Å²) >= 11 is 1.78. The van der Waals surface area contributed by atoms with Crippen LogP contribution in [0.25, 0.3) is 0 Å². The topological polar surface area (TPSA) is 57.7 Å². The highest BCUT2D eigenvalue weighted by atomic mass is 32.1. The highest BCUT2D eigenvalue weighted by Gasteiger charge is 2.39. The lowest BCUT2D eigenvalue weighted by Gasteiger charge is -2.35. The summed E-state index contributed by atoms with van der Waals surface area (Å²) in [6.07, 6.45) is 3.33. The van der Waals surface area contributed by atoms with Crippen LogP contribution in [0.5, 0.6) is 5.75 Å². The van der Waals surface area contributed by atoms with E-state index in [1.54, 1.807) is 18.4 Å². The second kappa shape index (κ2) is 6.80. The van der Waals surface area contributed by atoms with Gasteiger partial charge in [0.1, 0.15) is 5.75 Å². The maximum absolute atomic E-state index is 13.0. The Morgan fingerprint density at radius 2 is 2.04 bits per heavy atom. The molecule has 1 N–H and O–H groups in total. The molecular formula is C20H24N4O2S. The average molecular weight is 385 g/mol. The van der Waals surface area contributed by atoms with Gasteiger partial charge in [-0.2, -0.15) is 0 Å². The minimum atomic E-state index is 0.0373. The number of carbonyl (C=O) groups excluding carboxylic acids is 1. The maximum atomic E-state index is 13.0. The number of amides is 1. The van der Waals surface area contributed by atoms with E-state index >= 15 is 0 Å². The molecule has 7 heteroatoms. The fraction of sp³-hybridized carbons (Fsp3) is 0.500. The molecule has 4 heterocycles. The van der Waals surface area contributed by atoms with E-state index in [1.165, 1.54) is 23.4 Å². The summed E-state index contributed by atoms with van der Waals surface area (Å²) in [5.41, 5.74) is 1.81. The molecule has 1 aromatic carbocycles. The normalized spacial score (nSPS) is 24.0. The quantitative estimate of drug-likeness (QED) is 0.880. The van der Waals surface area contributed by atoms with E-state index in [-0.39, 0.29) is 5.91 Å². The zero-order chi connectivity index (χ0) is 18.4. The molecule has 3 aliphatic heterocycles. The Morgan fingerprint density at radius 3 is 2.81 bits per heavy atom. The molecule has 6 nitrogen and oxygen atoms in total. The molecule has 2 bridgehead atoms. The highest BCUT2D eigenvalue weighted by Crippen LogP contribution is 2.38. The first-order valence-electron chi connectivity index (χ1n) is 9.64. The molecule has 0 radical (unpaired) electrons. The zero-order valence-electron chi connectivity index (χ0n) is 15.5. The Bertz CT molecular complexity index is 851. The minimum Gasteiger partial charge on any atom is -0.496 e. The molecule has 3 aliphatic rings. The zero-order valence-corrected chi connectivity index (χ0v) is 16.3. The number of carbonyl (C=O) groups is 1. The summed E-state index contributed by atoms with van der Waals surface area (Å²) in [5.74, 6) is 0.672. The maximum Gasteiger partial charge on any atom is 0.257 e. The largest absolute Gasteiger partial charge is 0.496 e. The Balaban J connectivity index is 1.37. The van der Waals surface area contributed by atoms with E-state index in [0.29, 0.717) is 36.5 Å². The molecule has 5 rings (SSSR count). The van der Waals surface area contributed by atoms with Crippen LogP contribution < -0.4 is 15.0 Å². The van der Waals surface area contributed by atoms with Crippen LogP contribution >= 0.6 is 11.3 Å². The van der Waals surface area contributed by atoms with Crippen molar-refractivity contribution >= 4 is 22.4 Å². The number of hydrogen-bond acceptors (Lipinski definition) is 6. The molecule has 2 aromatic rings. The van der Waals surface area contributed by atoms with Gasteiger partial charge in [0, 0.05) is 43.0 Å². The fourth-order valence-electron chi connectivity index (χ4n) is 4.55. The first kappa shape index (κ1) is 17.0. The molecule has 142 valence electrons. The van der Waals surface area contributed by atoms with Gasteiger partial charge in [0.25, 0.3) is 5.91 Å². The van der Waals surface area contributed by atoms with Gasteiger partial charge in [0.05, 0.1) is 24.9 Å². The first-order chi connectivity index (χ1) is 13.2. The number of rotatable bonds is 3. The third-order valence-corrected chi connectivity index (χ3v) is 7.04. The lowest BCUT2D eigenvalue weighted by atomic mass is 10.1. The van der Waals surface area contributed by atoms with E-state index < -0.39 is 0 Å². The number of hydrogen-bond donors (Lipinski definition) is 1. The van der Waals surface area contributed by atoms with Gasteiger partial charge in [-0.05, 0) is 25.0 Å². The van der Waals surface area contributed by atoms with Crippen molar-refractivity contribution in [1.29, 1.82) is 0 Å². The van der Waals surface area contributed by atoms with Crippen molar-refractivity contribution in [3.63, 3.8) is 0 Å². The third-order valence-electron chi connectivity index (χ3n) is 5.95. The lowest BCUT2D eigenvalue weighted by Crippen LogP contribution is -2.51. The monoisotopic (exact) mass is 384 g/mol. The number of nitrogens with one attached hydrogen (secondary N) is 1. The predicted octanol–water partition coefficient (Wildman–Crippen LogP) is 2.29. The number of thiazole rings is 1. The van der Waals surface area contributed by atoms with Gasteiger partial charge in [-0.1, -0.05) is 23.5 Å². The SMILES string of the molecule is COc1ccccc1C(=O)N1CCc2nc(N3C4CCC3CNC4)sc2C1. The molecule has 1 aromatic heterocycles. The predicted molar refractivity (Wildman–Crippen MR) is 106 cm³/mol. The van der Waals surface area contributed by atoms with Gasteiger partial charge >= 0.3 is 0 Å². The fourth-order valence-corrected chi connectivity index (χ4v) is 5.81. The Morgan fingerprint density at radius 1 is 1.26 bits per heavy atom. The second-order valence-corrected chi connectivity index (χ2v) is 8.56. The molecule has 2 saturated heterocycles. The van der Waals surface area contributed by atoms with Crippen LogP contribution in [0.2, 0.25) is 0 Å². The van der Waals surface area contributed by atoms with Crippen molar-refractivity contribution < 1.29 is 9.53 Å². The van der Waals surface area contributed by atoms with Gasteiger partial charge in [-0.3, -0.25) is 4.79 Å². The van der Waals surface area contributed by atoms with Crippen molar-refractivity contribution in [3.8, 4) is 5.75 Å². The molecule has 2 unspecified atom stereocenters. The molecule has 0 aliphatic carbocycles. The van der Waals surface area contributed by atoms with Crippen LogP contribution in [-0.2, 0) is 13.0 Å². The molecule has 0 saturated carbocycles. The minimum absolute atomic E-state index is 0.0373. The number of para-hydroxylation sites is 1. The third kappa shape index (κ3) is 2.89. The van der Waals surface area contributed by atoms with Crippen molar-refractivity contribution in [3.05, 3.63) is 40.4 Å². The number of anilines is 1. The van der Waals surface area contributed by atoms with Gasteiger partial charge < -0.3 is 19.9 Å². The van der Waals surface area contributed by atoms with Crippen LogP contribution in [0.4, 0.5) is 5.13 Å². The van der Waals surface area contributed by atoms with Crippen LogP contribution in [0.1, 0.15) is 33.8 Å². The molecule has 1 amide bonds. The van der Waals surface area contributed by atoms with E-state index in [0.717, 1.165) is 24.6 Å². The number of fused-ring (bicyclic) bond motifs is 3. The van der Waals surface area contributed by atoms with E-state index in [4.69, 9.17) is 9.72 Å². The van der Waals surface area contributed by atoms with E-state index in [1.807, 2.05) is 29.2 Å². The Labute approximate surface area is 163 Å². The summed E-state index contributed by atoms with van der Waals surface area (Å²) in [4.78, 5) is 23.7. The summed E-state index contributed by atoms with van der Waals surface area (Å²) in [6.45, 7) is 3.46. The standard InChI is InChI=1S/C20H24N4O2S/c1-26-17-5-3-2-4-15(17)19(25)23-9-8-16-18(12-23)27-20(22-16)24-13-6-7-14(24)11-21-10-13/h2-5,13-14,21H,6-12H2,1H3. The second-order valence-electron chi connectivity index (χ2n) is 7.49. The van der Waals surface area contributed by atoms with Crippen molar-refractivity contribution in [2.75, 3.05) is 31.6 Å². The van der Waals surface area contributed by atoms with Crippen molar-refractivity contribution in [1.82, 2.24) is 15.2 Å². The number of nitrogens with zero attached hydrogens (tertiary/aromatic N) is 3. The van der Waals surface area contributed by atoms with Crippen molar-refractivity contribution in [2.24, 2.45) is 0 Å². The summed E-state index contributed by atoms with van der Waals surface area (Å²) in [7, 11) is 1.61. The Kier molecular flexibility index (Phi) is 4.28. The van der Waals surface area contributed by atoms with E-state index in [9.17, 15) is 4.79 Å². The van der Waals surface area contributed by atoms with Gasteiger partial charge in [-0.15, -0.1) is 0 Å². The molecule has 27 heavy (non-hydrogen) atoms. The first-order valence-corrected chi connectivity index (χ1v) is 10.5. The highest BCUT2D eigenvalue weighted by molar-refractivity contribution is 7.15.